The van der Waals surface area contributed by atoms with Crippen LogP contribution in [0, 0.1) is 0 Å². The number of nitrogens with one attached hydrogen (secondary N) is 1. The van der Waals surface area contributed by atoms with Crippen molar-refractivity contribution in [1.82, 2.24) is 5.32 Å². The van der Waals surface area contributed by atoms with Gasteiger partial charge < -0.3 is 10.1 Å². The third-order valence-electron chi connectivity index (χ3n) is 4.68. The van der Waals surface area contributed by atoms with Gasteiger partial charge >= 0.3 is 0 Å². The van der Waals surface area contributed by atoms with E-state index in [1.807, 2.05) is 61.5 Å². The fourth-order valence-corrected chi connectivity index (χ4v) is 3.20. The molecule has 2 aromatic carbocycles. The molecule has 1 atom stereocenters. The summed E-state index contributed by atoms with van der Waals surface area (Å²) in [6.45, 7) is 1.96. The van der Waals surface area contributed by atoms with Gasteiger partial charge in [-0.25, -0.2) is 0 Å². The summed E-state index contributed by atoms with van der Waals surface area (Å²) in [6.07, 6.45) is 5.95. The van der Waals surface area contributed by atoms with Gasteiger partial charge in [-0.3, -0.25) is 4.79 Å². The van der Waals surface area contributed by atoms with Crippen molar-refractivity contribution >= 4 is 5.91 Å². The summed E-state index contributed by atoms with van der Waals surface area (Å²) < 4.78 is 5.87. The Bertz CT molecular complexity index is 663. The molecule has 0 heterocycles. The number of rotatable bonds is 5. The summed E-state index contributed by atoms with van der Waals surface area (Å²) in [5.41, 5.74) is 0.983. The third-order valence-corrected chi connectivity index (χ3v) is 4.68. The maximum Gasteiger partial charge on any atom is 0.227 e. The van der Waals surface area contributed by atoms with Crippen LogP contribution < -0.4 is 10.1 Å². The number of amides is 1. The molecule has 24 heavy (non-hydrogen) atoms. The molecule has 1 unspecified atom stereocenters. The second-order valence-electron chi connectivity index (χ2n) is 6.55. The molecule has 126 valence electrons. The number of hydrogen-bond donors (Lipinski definition) is 1. The Labute approximate surface area is 144 Å². The van der Waals surface area contributed by atoms with Crippen LogP contribution in [0.4, 0.5) is 0 Å². The highest BCUT2D eigenvalue weighted by atomic mass is 16.5. The molecule has 3 nitrogen and oxygen atoms in total. The number of ether oxygens (including phenoxy) is 1. The molecule has 0 radical (unpaired) electrons. The molecule has 1 saturated carbocycles. The predicted molar refractivity (Wildman–Crippen MR) is 96.4 cm³/mol. The van der Waals surface area contributed by atoms with Crippen molar-refractivity contribution in [2.24, 2.45) is 0 Å². The molecule has 0 bridgehead atoms. The van der Waals surface area contributed by atoms with Gasteiger partial charge in [0.25, 0.3) is 0 Å². The smallest absolute Gasteiger partial charge is 0.227 e. The Morgan fingerprint density at radius 3 is 2.46 bits per heavy atom. The van der Waals surface area contributed by atoms with Crippen molar-refractivity contribution in [2.45, 2.75) is 51.0 Å². The average Bonchev–Trinajstić information content (AvgIpc) is 2.63. The van der Waals surface area contributed by atoms with E-state index < -0.39 is 0 Å². The number of carbonyl (C=O) groups is 1. The van der Waals surface area contributed by atoms with E-state index in [2.05, 4.69) is 5.32 Å². The van der Waals surface area contributed by atoms with Crippen LogP contribution in [0.25, 0.3) is 0 Å². The van der Waals surface area contributed by atoms with Crippen molar-refractivity contribution in [3.8, 4) is 11.5 Å². The number of carbonyl (C=O) groups excluding carboxylic acids is 1. The summed E-state index contributed by atoms with van der Waals surface area (Å²) in [5.74, 6) is 1.50. The molecule has 0 aliphatic heterocycles. The van der Waals surface area contributed by atoms with Crippen LogP contribution in [0.3, 0.4) is 0 Å². The zero-order chi connectivity index (χ0) is 16.8. The predicted octanol–water partition coefficient (Wildman–Crippen LogP) is 5.03. The highest BCUT2D eigenvalue weighted by molar-refractivity contribution is 5.83. The zero-order valence-electron chi connectivity index (χ0n) is 14.2. The largest absolute Gasteiger partial charge is 0.457 e. The molecule has 1 aliphatic carbocycles. The summed E-state index contributed by atoms with van der Waals surface area (Å²) in [5, 5.41) is 3.21. The second-order valence-corrected chi connectivity index (χ2v) is 6.55. The van der Waals surface area contributed by atoms with Crippen molar-refractivity contribution in [3.63, 3.8) is 0 Å². The Balaban J connectivity index is 1.64. The molecule has 2 aromatic rings. The molecule has 0 saturated heterocycles. The first-order valence-electron chi connectivity index (χ1n) is 8.85. The van der Waals surface area contributed by atoms with Gasteiger partial charge in [-0.05, 0) is 49.6 Å². The normalized spacial score (nSPS) is 16.4. The molecule has 1 fully saturated rings. The molecular formula is C21H25NO2. The number of benzene rings is 2. The van der Waals surface area contributed by atoms with Crippen LogP contribution in [0.2, 0.25) is 0 Å². The Kier molecular flexibility index (Phi) is 5.52. The van der Waals surface area contributed by atoms with E-state index in [0.29, 0.717) is 6.04 Å². The van der Waals surface area contributed by atoms with Crippen molar-refractivity contribution in [3.05, 3.63) is 60.2 Å². The lowest BCUT2D eigenvalue weighted by molar-refractivity contribution is -0.123. The zero-order valence-corrected chi connectivity index (χ0v) is 14.2. The van der Waals surface area contributed by atoms with Gasteiger partial charge in [-0.15, -0.1) is 0 Å². The number of hydrogen-bond acceptors (Lipinski definition) is 2. The van der Waals surface area contributed by atoms with Gasteiger partial charge in [0.05, 0.1) is 5.92 Å². The molecule has 3 rings (SSSR count). The van der Waals surface area contributed by atoms with E-state index in [-0.39, 0.29) is 11.8 Å². The molecule has 0 spiro atoms. The maximum absolute atomic E-state index is 12.5. The van der Waals surface area contributed by atoms with Crippen LogP contribution in [0.15, 0.2) is 54.6 Å². The lowest BCUT2D eigenvalue weighted by Gasteiger charge is -2.24. The van der Waals surface area contributed by atoms with Gasteiger partial charge in [0.1, 0.15) is 11.5 Å². The fourth-order valence-electron chi connectivity index (χ4n) is 3.20. The van der Waals surface area contributed by atoms with Crippen LogP contribution in [0.1, 0.15) is 50.5 Å². The Hall–Kier alpha value is -2.29. The van der Waals surface area contributed by atoms with Crippen molar-refractivity contribution in [2.75, 3.05) is 0 Å². The summed E-state index contributed by atoms with van der Waals surface area (Å²) in [4.78, 5) is 12.5. The summed E-state index contributed by atoms with van der Waals surface area (Å²) in [7, 11) is 0. The Morgan fingerprint density at radius 1 is 1.00 bits per heavy atom. The maximum atomic E-state index is 12.5. The first-order chi connectivity index (χ1) is 11.7. The van der Waals surface area contributed by atoms with E-state index in [4.69, 9.17) is 4.74 Å². The van der Waals surface area contributed by atoms with Gasteiger partial charge in [-0.1, -0.05) is 49.6 Å². The van der Waals surface area contributed by atoms with Gasteiger partial charge in [0, 0.05) is 6.04 Å². The standard InChI is InChI=1S/C21H25NO2/c1-16(21(23)22-18-10-4-2-5-11-18)17-9-8-14-20(15-17)24-19-12-6-3-7-13-19/h3,6-9,12-16,18H,2,4-5,10-11H2,1H3,(H,22,23). The Morgan fingerprint density at radius 2 is 1.71 bits per heavy atom. The highest BCUT2D eigenvalue weighted by Crippen LogP contribution is 2.26. The van der Waals surface area contributed by atoms with Gasteiger partial charge in [-0.2, -0.15) is 0 Å². The first kappa shape index (κ1) is 16.6. The highest BCUT2D eigenvalue weighted by Gasteiger charge is 2.21. The van der Waals surface area contributed by atoms with Crippen LogP contribution in [-0.2, 0) is 4.79 Å². The molecule has 0 aromatic heterocycles. The molecule has 1 amide bonds. The summed E-state index contributed by atoms with van der Waals surface area (Å²) >= 11 is 0. The lowest BCUT2D eigenvalue weighted by Crippen LogP contribution is -2.38. The van der Waals surface area contributed by atoms with E-state index in [1.54, 1.807) is 0 Å². The minimum atomic E-state index is -0.175. The number of para-hydroxylation sites is 1. The van der Waals surface area contributed by atoms with E-state index in [9.17, 15) is 4.79 Å². The SMILES string of the molecule is CC(C(=O)NC1CCCCC1)c1cccc(Oc2ccccc2)c1. The molecule has 1 N–H and O–H groups in total. The van der Waals surface area contributed by atoms with E-state index >= 15 is 0 Å². The van der Waals surface area contributed by atoms with E-state index in [0.717, 1.165) is 29.9 Å². The van der Waals surface area contributed by atoms with Gasteiger partial charge in [0.15, 0.2) is 0 Å². The average molecular weight is 323 g/mol. The van der Waals surface area contributed by atoms with Crippen LogP contribution >= 0.6 is 0 Å². The van der Waals surface area contributed by atoms with Crippen LogP contribution in [0.5, 0.6) is 11.5 Å². The van der Waals surface area contributed by atoms with Crippen molar-refractivity contribution in [1.29, 1.82) is 0 Å². The van der Waals surface area contributed by atoms with Gasteiger partial charge in [0.2, 0.25) is 5.91 Å². The second kappa shape index (κ2) is 8.00. The third kappa shape index (κ3) is 4.38. The van der Waals surface area contributed by atoms with E-state index in [1.165, 1.54) is 19.3 Å². The molecule has 1 aliphatic rings. The lowest BCUT2D eigenvalue weighted by atomic mass is 9.94. The topological polar surface area (TPSA) is 38.3 Å². The molecule has 3 heteroatoms. The fraction of sp³-hybridized carbons (Fsp3) is 0.381. The summed E-state index contributed by atoms with van der Waals surface area (Å²) in [6, 6.07) is 17.8. The van der Waals surface area contributed by atoms with Crippen molar-refractivity contribution < 1.29 is 9.53 Å². The molecular weight excluding hydrogens is 298 g/mol. The first-order valence-corrected chi connectivity index (χ1v) is 8.85. The quantitative estimate of drug-likeness (QED) is 0.838. The minimum Gasteiger partial charge on any atom is -0.457 e. The monoisotopic (exact) mass is 323 g/mol. The van der Waals surface area contributed by atoms with Crippen LogP contribution in [-0.4, -0.2) is 11.9 Å². The minimum absolute atomic E-state index is 0.110.